The minimum Gasteiger partial charge on any atom is -0.490 e. The smallest absolute Gasteiger partial charge is 0.336 e. The van der Waals surface area contributed by atoms with Gasteiger partial charge in [-0.25, -0.2) is 10.2 Å². The standard InChI is InChI=1S/C32H25ClN4O7/c1-2-43-29-18-22(9-15-28(29)44-30(38)16-10-21-5-3-8-27(17-21)37(41)42)20-34-36-32(40)24-6-4-7-26(19-24)35-31(39)23-11-13-25(33)14-12-23/h3-20H,2H2,1H3,(H,35,39)(H,36,40)/b16-10+,34-20?. The molecule has 0 saturated carbocycles. The molecule has 4 aromatic carbocycles. The molecule has 2 amide bonds. The number of non-ortho nitro benzene ring substituents is 1. The fourth-order valence-electron chi connectivity index (χ4n) is 3.78. The van der Waals surface area contributed by atoms with Crippen LogP contribution in [0, 0.1) is 10.1 Å². The normalized spacial score (nSPS) is 10.9. The van der Waals surface area contributed by atoms with Crippen LogP contribution in [0.2, 0.25) is 5.02 Å². The molecule has 0 unspecified atom stereocenters. The zero-order chi connectivity index (χ0) is 31.5. The summed E-state index contributed by atoms with van der Waals surface area (Å²) in [6.07, 6.45) is 3.95. The van der Waals surface area contributed by atoms with Crippen molar-refractivity contribution in [3.8, 4) is 11.5 Å². The number of benzene rings is 4. The van der Waals surface area contributed by atoms with Crippen molar-refractivity contribution in [1.29, 1.82) is 0 Å². The van der Waals surface area contributed by atoms with Crippen LogP contribution in [0.3, 0.4) is 0 Å². The zero-order valence-corrected chi connectivity index (χ0v) is 24.0. The Bertz CT molecular complexity index is 1750. The Morgan fingerprint density at radius 1 is 0.886 bits per heavy atom. The lowest BCUT2D eigenvalue weighted by Crippen LogP contribution is -2.18. The van der Waals surface area contributed by atoms with E-state index in [1.54, 1.807) is 67.6 Å². The molecule has 4 aromatic rings. The second-order valence-corrected chi connectivity index (χ2v) is 9.42. The minimum absolute atomic E-state index is 0.0974. The van der Waals surface area contributed by atoms with E-state index in [9.17, 15) is 24.5 Å². The highest BCUT2D eigenvalue weighted by molar-refractivity contribution is 6.30. The molecule has 0 spiro atoms. The molecule has 12 heteroatoms. The van der Waals surface area contributed by atoms with Crippen LogP contribution < -0.4 is 20.2 Å². The van der Waals surface area contributed by atoms with Crippen LogP contribution in [-0.2, 0) is 4.79 Å². The number of nitro groups is 1. The van der Waals surface area contributed by atoms with E-state index < -0.39 is 16.8 Å². The molecule has 2 N–H and O–H groups in total. The summed E-state index contributed by atoms with van der Waals surface area (Å²) < 4.78 is 11.0. The monoisotopic (exact) mass is 612 g/mol. The Kier molecular flexibility index (Phi) is 10.5. The average molecular weight is 613 g/mol. The Morgan fingerprint density at radius 2 is 1.66 bits per heavy atom. The number of carbonyl (C=O) groups excluding carboxylic acids is 3. The molecule has 4 rings (SSSR count). The minimum atomic E-state index is -0.710. The molecule has 0 saturated heterocycles. The summed E-state index contributed by atoms with van der Waals surface area (Å²) in [6, 6.07) is 23.3. The second kappa shape index (κ2) is 14.9. The summed E-state index contributed by atoms with van der Waals surface area (Å²) in [5.74, 6) is -1.15. The van der Waals surface area contributed by atoms with Crippen LogP contribution in [0.4, 0.5) is 11.4 Å². The van der Waals surface area contributed by atoms with Gasteiger partial charge in [-0.05, 0) is 84.8 Å². The number of halogens is 1. The molecule has 11 nitrogen and oxygen atoms in total. The highest BCUT2D eigenvalue weighted by Gasteiger charge is 2.12. The summed E-state index contributed by atoms with van der Waals surface area (Å²) in [5.41, 5.74) is 4.45. The van der Waals surface area contributed by atoms with Gasteiger partial charge in [-0.2, -0.15) is 5.10 Å². The quantitative estimate of drug-likeness (QED) is 0.0505. The van der Waals surface area contributed by atoms with Crippen LogP contribution in [-0.4, -0.2) is 35.5 Å². The summed E-state index contributed by atoms with van der Waals surface area (Å²) in [5, 5.41) is 18.2. The highest BCUT2D eigenvalue weighted by Crippen LogP contribution is 2.28. The van der Waals surface area contributed by atoms with E-state index in [0.29, 0.717) is 27.4 Å². The molecule has 0 aliphatic carbocycles. The van der Waals surface area contributed by atoms with E-state index >= 15 is 0 Å². The van der Waals surface area contributed by atoms with E-state index in [-0.39, 0.29) is 35.3 Å². The largest absolute Gasteiger partial charge is 0.490 e. The van der Waals surface area contributed by atoms with Gasteiger partial charge in [0.2, 0.25) is 0 Å². The van der Waals surface area contributed by atoms with Crippen molar-refractivity contribution >= 4 is 53.0 Å². The number of ether oxygens (including phenoxy) is 2. The molecule has 0 atom stereocenters. The average Bonchev–Trinajstić information content (AvgIpc) is 3.02. The van der Waals surface area contributed by atoms with Crippen molar-refractivity contribution < 1.29 is 28.8 Å². The lowest BCUT2D eigenvalue weighted by molar-refractivity contribution is -0.384. The van der Waals surface area contributed by atoms with E-state index in [1.165, 1.54) is 42.6 Å². The van der Waals surface area contributed by atoms with Crippen molar-refractivity contribution in [2.45, 2.75) is 6.92 Å². The van der Waals surface area contributed by atoms with Gasteiger partial charge in [0.1, 0.15) is 0 Å². The number of amides is 2. The first-order valence-electron chi connectivity index (χ1n) is 13.1. The van der Waals surface area contributed by atoms with Crippen LogP contribution in [0.25, 0.3) is 6.08 Å². The SMILES string of the molecule is CCOc1cc(C=NNC(=O)c2cccc(NC(=O)c3ccc(Cl)cc3)c2)ccc1OC(=O)/C=C/c1cccc([N+](=O)[O-])c1. The van der Waals surface area contributed by atoms with Crippen LogP contribution in [0.1, 0.15) is 38.8 Å². The number of hydrogen-bond acceptors (Lipinski definition) is 8. The first-order valence-corrected chi connectivity index (χ1v) is 13.5. The summed E-state index contributed by atoms with van der Waals surface area (Å²) >= 11 is 5.87. The van der Waals surface area contributed by atoms with Crippen molar-refractivity contribution in [3.05, 3.63) is 134 Å². The van der Waals surface area contributed by atoms with Gasteiger partial charge in [-0.3, -0.25) is 19.7 Å². The molecule has 0 aliphatic rings. The number of hydrogen-bond donors (Lipinski definition) is 2. The molecule has 0 radical (unpaired) electrons. The van der Waals surface area contributed by atoms with Gasteiger partial charge in [0.15, 0.2) is 11.5 Å². The van der Waals surface area contributed by atoms with E-state index in [2.05, 4.69) is 15.8 Å². The maximum atomic E-state index is 12.7. The maximum Gasteiger partial charge on any atom is 0.336 e. The van der Waals surface area contributed by atoms with E-state index in [4.69, 9.17) is 21.1 Å². The number of hydrazone groups is 1. The molecular formula is C32H25ClN4O7. The number of rotatable bonds is 11. The van der Waals surface area contributed by atoms with E-state index in [1.807, 2.05) is 0 Å². The summed E-state index contributed by atoms with van der Waals surface area (Å²) in [6.45, 7) is 2.05. The predicted octanol–water partition coefficient (Wildman–Crippen LogP) is 6.28. The predicted molar refractivity (Wildman–Crippen MR) is 166 cm³/mol. The molecule has 0 fully saturated rings. The molecule has 222 valence electrons. The van der Waals surface area contributed by atoms with Gasteiger partial charge >= 0.3 is 5.97 Å². The Hall–Kier alpha value is -5.81. The lowest BCUT2D eigenvalue weighted by Gasteiger charge is -2.10. The Morgan fingerprint density at radius 3 is 2.41 bits per heavy atom. The van der Waals surface area contributed by atoms with Crippen molar-refractivity contribution in [1.82, 2.24) is 5.43 Å². The summed E-state index contributed by atoms with van der Waals surface area (Å²) in [4.78, 5) is 48.0. The number of esters is 1. The third kappa shape index (κ3) is 8.84. The van der Waals surface area contributed by atoms with Crippen LogP contribution in [0.5, 0.6) is 11.5 Å². The van der Waals surface area contributed by atoms with E-state index in [0.717, 1.165) is 6.08 Å². The molecule has 44 heavy (non-hydrogen) atoms. The van der Waals surface area contributed by atoms with Crippen molar-refractivity contribution in [2.24, 2.45) is 5.10 Å². The molecule has 0 bridgehead atoms. The highest BCUT2D eigenvalue weighted by atomic mass is 35.5. The zero-order valence-electron chi connectivity index (χ0n) is 23.2. The van der Waals surface area contributed by atoms with Gasteiger partial charge in [0.05, 0.1) is 17.7 Å². The van der Waals surface area contributed by atoms with Gasteiger partial charge in [-0.15, -0.1) is 0 Å². The van der Waals surface area contributed by atoms with Gasteiger partial charge in [0, 0.05) is 40.0 Å². The third-order valence-corrected chi connectivity index (χ3v) is 6.09. The molecule has 0 heterocycles. The second-order valence-electron chi connectivity index (χ2n) is 8.99. The number of nitro benzene ring substituents is 1. The molecular weight excluding hydrogens is 588 g/mol. The topological polar surface area (TPSA) is 149 Å². The molecule has 0 aromatic heterocycles. The first kappa shape index (κ1) is 31.1. The third-order valence-electron chi connectivity index (χ3n) is 5.84. The number of carbonyl (C=O) groups is 3. The molecule has 0 aliphatic heterocycles. The lowest BCUT2D eigenvalue weighted by atomic mass is 10.1. The van der Waals surface area contributed by atoms with Gasteiger partial charge < -0.3 is 14.8 Å². The maximum absolute atomic E-state index is 12.7. The first-order chi connectivity index (χ1) is 21.2. The van der Waals surface area contributed by atoms with Crippen molar-refractivity contribution in [2.75, 3.05) is 11.9 Å². The summed E-state index contributed by atoms with van der Waals surface area (Å²) in [7, 11) is 0. The fourth-order valence-corrected chi connectivity index (χ4v) is 3.90. The van der Waals surface area contributed by atoms with Gasteiger partial charge in [0.25, 0.3) is 17.5 Å². The van der Waals surface area contributed by atoms with Gasteiger partial charge in [-0.1, -0.05) is 29.8 Å². The Labute approximate surface area is 256 Å². The number of nitrogens with one attached hydrogen (secondary N) is 2. The van der Waals surface area contributed by atoms with Crippen molar-refractivity contribution in [3.63, 3.8) is 0 Å². The Balaban J connectivity index is 1.37. The number of nitrogens with zero attached hydrogens (tertiary/aromatic N) is 2. The fraction of sp³-hybridized carbons (Fsp3) is 0.0625. The van der Waals surface area contributed by atoms with Crippen LogP contribution in [0.15, 0.2) is 102 Å². The number of anilines is 1. The van der Waals surface area contributed by atoms with Crippen LogP contribution >= 0.6 is 11.6 Å².